The first-order valence-electron chi connectivity index (χ1n) is 5.09. The van der Waals surface area contributed by atoms with Gasteiger partial charge in [0.1, 0.15) is 12.4 Å². The lowest BCUT2D eigenvalue weighted by Crippen LogP contribution is -2.21. The Bertz CT molecular complexity index is 408. The molecule has 0 unspecified atom stereocenters. The van der Waals surface area contributed by atoms with Gasteiger partial charge in [-0.3, -0.25) is 0 Å². The Morgan fingerprint density at radius 3 is 2.82 bits per heavy atom. The molecule has 0 amide bonds. The predicted molar refractivity (Wildman–Crippen MR) is 68.0 cm³/mol. The predicted octanol–water partition coefficient (Wildman–Crippen LogP) is 1.37. The van der Waals surface area contributed by atoms with Gasteiger partial charge in [-0.05, 0) is 32.3 Å². The van der Waals surface area contributed by atoms with Crippen LogP contribution in [-0.4, -0.2) is 43.2 Å². The molecule has 0 atom stereocenters. The Kier molecular flexibility index (Phi) is 5.06. The SMILES string of the molecule is CN(C)CCOc1ccc(Cl)cc1C(N)=NO. The van der Waals surface area contributed by atoms with Gasteiger partial charge in [-0.1, -0.05) is 16.8 Å². The van der Waals surface area contributed by atoms with E-state index in [1.807, 2.05) is 19.0 Å². The normalized spacial score (nSPS) is 11.9. The van der Waals surface area contributed by atoms with Crippen molar-refractivity contribution in [2.24, 2.45) is 10.9 Å². The first-order valence-corrected chi connectivity index (χ1v) is 5.47. The van der Waals surface area contributed by atoms with Crippen LogP contribution < -0.4 is 10.5 Å². The fourth-order valence-electron chi connectivity index (χ4n) is 1.22. The van der Waals surface area contributed by atoms with Crippen LogP contribution in [0.25, 0.3) is 0 Å². The summed E-state index contributed by atoms with van der Waals surface area (Å²) in [5.41, 5.74) is 6.03. The maximum atomic E-state index is 8.67. The van der Waals surface area contributed by atoms with Gasteiger partial charge in [-0.15, -0.1) is 0 Å². The number of ether oxygens (including phenoxy) is 1. The minimum absolute atomic E-state index is 0.0210. The molecule has 5 nitrogen and oxygen atoms in total. The summed E-state index contributed by atoms with van der Waals surface area (Å²) in [6.45, 7) is 1.29. The molecule has 0 aliphatic rings. The van der Waals surface area contributed by atoms with Crippen LogP contribution in [0, 0.1) is 0 Å². The average molecular weight is 258 g/mol. The first-order chi connectivity index (χ1) is 8.04. The van der Waals surface area contributed by atoms with Gasteiger partial charge in [-0.25, -0.2) is 0 Å². The molecule has 0 bridgehead atoms. The van der Waals surface area contributed by atoms with Gasteiger partial charge in [0.2, 0.25) is 0 Å². The van der Waals surface area contributed by atoms with Gasteiger partial charge in [0.05, 0.1) is 5.56 Å². The van der Waals surface area contributed by atoms with E-state index in [0.717, 1.165) is 6.54 Å². The van der Waals surface area contributed by atoms with Crippen molar-refractivity contribution in [3.05, 3.63) is 28.8 Å². The van der Waals surface area contributed by atoms with Gasteiger partial charge >= 0.3 is 0 Å². The number of rotatable bonds is 5. The van der Waals surface area contributed by atoms with E-state index in [4.69, 9.17) is 27.3 Å². The highest BCUT2D eigenvalue weighted by molar-refractivity contribution is 6.31. The zero-order valence-corrected chi connectivity index (χ0v) is 10.6. The minimum Gasteiger partial charge on any atom is -0.491 e. The summed E-state index contributed by atoms with van der Waals surface area (Å²) >= 11 is 5.85. The summed E-state index contributed by atoms with van der Waals surface area (Å²) in [7, 11) is 3.91. The van der Waals surface area contributed by atoms with Crippen LogP contribution in [0.15, 0.2) is 23.4 Å². The van der Waals surface area contributed by atoms with Crippen molar-refractivity contribution in [3.8, 4) is 5.75 Å². The summed E-state index contributed by atoms with van der Waals surface area (Å²) in [5, 5.41) is 12.1. The smallest absolute Gasteiger partial charge is 0.173 e. The first kappa shape index (κ1) is 13.6. The molecular formula is C11H16ClN3O2. The molecule has 3 N–H and O–H groups in total. The van der Waals surface area contributed by atoms with Crippen molar-refractivity contribution in [1.82, 2.24) is 4.90 Å². The maximum absolute atomic E-state index is 8.67. The van der Waals surface area contributed by atoms with Gasteiger partial charge in [-0.2, -0.15) is 0 Å². The van der Waals surface area contributed by atoms with E-state index in [1.54, 1.807) is 18.2 Å². The summed E-state index contributed by atoms with van der Waals surface area (Å²) in [5.74, 6) is 0.527. The molecule has 0 radical (unpaired) electrons. The molecule has 94 valence electrons. The van der Waals surface area contributed by atoms with Crippen LogP contribution in [0.2, 0.25) is 5.02 Å². The number of likely N-dealkylation sites (N-methyl/N-ethyl adjacent to an activating group) is 1. The number of oxime groups is 1. The Morgan fingerprint density at radius 1 is 1.53 bits per heavy atom. The van der Waals surface area contributed by atoms with Crippen molar-refractivity contribution < 1.29 is 9.94 Å². The van der Waals surface area contributed by atoms with Crippen molar-refractivity contribution in [3.63, 3.8) is 0 Å². The molecule has 0 fully saturated rings. The zero-order valence-electron chi connectivity index (χ0n) is 9.85. The number of amidine groups is 1. The van der Waals surface area contributed by atoms with Crippen molar-refractivity contribution in [1.29, 1.82) is 0 Å². The van der Waals surface area contributed by atoms with E-state index in [9.17, 15) is 0 Å². The maximum Gasteiger partial charge on any atom is 0.173 e. The number of halogens is 1. The third kappa shape index (κ3) is 4.13. The molecule has 1 rings (SSSR count). The average Bonchev–Trinajstić information content (AvgIpc) is 2.29. The fraction of sp³-hybridized carbons (Fsp3) is 0.364. The van der Waals surface area contributed by atoms with E-state index in [0.29, 0.717) is 22.9 Å². The van der Waals surface area contributed by atoms with E-state index in [1.165, 1.54) is 0 Å². The van der Waals surface area contributed by atoms with Crippen LogP contribution >= 0.6 is 11.6 Å². The third-order valence-corrected chi connectivity index (χ3v) is 2.36. The Hall–Kier alpha value is -1.46. The topological polar surface area (TPSA) is 71.1 Å². The highest BCUT2D eigenvalue weighted by Gasteiger charge is 2.09. The molecule has 1 aromatic rings. The van der Waals surface area contributed by atoms with E-state index in [2.05, 4.69) is 5.16 Å². The van der Waals surface area contributed by atoms with Crippen molar-refractivity contribution >= 4 is 17.4 Å². The molecular weight excluding hydrogens is 242 g/mol. The molecule has 0 saturated carbocycles. The summed E-state index contributed by atoms with van der Waals surface area (Å²) < 4.78 is 5.55. The molecule has 0 spiro atoms. The fourth-order valence-corrected chi connectivity index (χ4v) is 1.39. The Labute approximate surface area is 105 Å². The molecule has 0 aliphatic heterocycles. The summed E-state index contributed by atoms with van der Waals surface area (Å²) in [6, 6.07) is 4.99. The summed E-state index contributed by atoms with van der Waals surface area (Å²) in [6.07, 6.45) is 0. The standard InChI is InChI=1S/C11H16ClN3O2/c1-15(2)5-6-17-10-4-3-8(12)7-9(10)11(13)14-16/h3-4,7,16H,5-6H2,1-2H3,(H2,13,14). The largest absolute Gasteiger partial charge is 0.491 e. The minimum atomic E-state index is -0.0210. The Morgan fingerprint density at radius 2 is 2.24 bits per heavy atom. The molecule has 0 aliphatic carbocycles. The second-order valence-electron chi connectivity index (χ2n) is 3.78. The van der Waals surface area contributed by atoms with Gasteiger partial charge < -0.3 is 20.6 Å². The van der Waals surface area contributed by atoms with Gasteiger partial charge in [0.25, 0.3) is 0 Å². The molecule has 0 aromatic heterocycles. The van der Waals surface area contributed by atoms with Gasteiger partial charge in [0, 0.05) is 11.6 Å². The number of benzene rings is 1. The number of hydrogen-bond acceptors (Lipinski definition) is 4. The molecule has 6 heteroatoms. The summed E-state index contributed by atoms with van der Waals surface area (Å²) in [4.78, 5) is 2.00. The number of hydrogen-bond donors (Lipinski definition) is 2. The zero-order chi connectivity index (χ0) is 12.8. The number of nitrogens with zero attached hydrogens (tertiary/aromatic N) is 2. The van der Waals surface area contributed by atoms with Crippen molar-refractivity contribution in [2.75, 3.05) is 27.2 Å². The van der Waals surface area contributed by atoms with E-state index in [-0.39, 0.29) is 5.84 Å². The van der Waals surface area contributed by atoms with E-state index >= 15 is 0 Å². The molecule has 1 aromatic carbocycles. The monoisotopic (exact) mass is 257 g/mol. The lowest BCUT2D eigenvalue weighted by molar-refractivity contribution is 0.260. The second-order valence-corrected chi connectivity index (χ2v) is 4.21. The Balaban J connectivity index is 2.83. The van der Waals surface area contributed by atoms with Crippen LogP contribution in [-0.2, 0) is 0 Å². The quantitative estimate of drug-likeness (QED) is 0.362. The molecule has 17 heavy (non-hydrogen) atoms. The molecule has 0 saturated heterocycles. The van der Waals surface area contributed by atoms with Crippen LogP contribution in [0.3, 0.4) is 0 Å². The third-order valence-electron chi connectivity index (χ3n) is 2.12. The lowest BCUT2D eigenvalue weighted by Gasteiger charge is -2.13. The van der Waals surface area contributed by atoms with E-state index < -0.39 is 0 Å². The highest BCUT2D eigenvalue weighted by atomic mass is 35.5. The second kappa shape index (κ2) is 6.32. The van der Waals surface area contributed by atoms with Crippen LogP contribution in [0.5, 0.6) is 5.75 Å². The number of nitrogens with two attached hydrogens (primary N) is 1. The van der Waals surface area contributed by atoms with Gasteiger partial charge in [0.15, 0.2) is 5.84 Å². The molecule has 0 heterocycles. The van der Waals surface area contributed by atoms with Crippen LogP contribution in [0.4, 0.5) is 0 Å². The van der Waals surface area contributed by atoms with Crippen LogP contribution in [0.1, 0.15) is 5.56 Å². The van der Waals surface area contributed by atoms with Crippen molar-refractivity contribution in [2.45, 2.75) is 0 Å². The highest BCUT2D eigenvalue weighted by Crippen LogP contribution is 2.22. The lowest BCUT2D eigenvalue weighted by atomic mass is 10.2.